The van der Waals surface area contributed by atoms with Gasteiger partial charge in [0.15, 0.2) is 0 Å². The third-order valence-corrected chi connectivity index (χ3v) is 6.08. The molecule has 0 unspecified atom stereocenters. The highest BCUT2D eigenvalue weighted by atomic mass is 32.2. The molecule has 1 amide bonds. The molecule has 1 saturated heterocycles. The highest BCUT2D eigenvalue weighted by Crippen LogP contribution is 2.24. The van der Waals surface area contributed by atoms with Gasteiger partial charge < -0.3 is 15.4 Å². The van der Waals surface area contributed by atoms with Gasteiger partial charge in [-0.1, -0.05) is 0 Å². The molecule has 0 spiro atoms. The van der Waals surface area contributed by atoms with E-state index in [9.17, 15) is 13.2 Å². The van der Waals surface area contributed by atoms with Crippen molar-refractivity contribution in [3.05, 3.63) is 24.3 Å². The Morgan fingerprint density at radius 3 is 2.20 bits per heavy atom. The molecule has 7 nitrogen and oxygen atoms in total. The lowest BCUT2D eigenvalue weighted by molar-refractivity contribution is 0.0178. The van der Waals surface area contributed by atoms with Crippen LogP contribution in [-0.2, 0) is 14.8 Å². The van der Waals surface area contributed by atoms with Crippen LogP contribution in [0.3, 0.4) is 0 Å². The van der Waals surface area contributed by atoms with Crippen LogP contribution in [0.1, 0.15) is 33.6 Å². The van der Waals surface area contributed by atoms with Gasteiger partial charge in [0.05, 0.1) is 4.90 Å². The molecule has 1 aliphatic rings. The lowest BCUT2D eigenvalue weighted by Crippen LogP contribution is -2.48. The highest BCUT2D eigenvalue weighted by Gasteiger charge is 2.33. The first-order valence-electron chi connectivity index (χ1n) is 8.32. The van der Waals surface area contributed by atoms with Crippen molar-refractivity contribution >= 4 is 21.8 Å². The topological polar surface area (TPSA) is 92.9 Å². The molecular formula is C17H27N3O4S. The van der Waals surface area contributed by atoms with Crippen LogP contribution in [0.15, 0.2) is 29.2 Å². The van der Waals surface area contributed by atoms with Gasteiger partial charge in [0, 0.05) is 31.9 Å². The van der Waals surface area contributed by atoms with Crippen molar-refractivity contribution in [3.63, 3.8) is 0 Å². The fourth-order valence-electron chi connectivity index (χ4n) is 2.74. The predicted molar refractivity (Wildman–Crippen MR) is 96.6 cm³/mol. The van der Waals surface area contributed by atoms with Gasteiger partial charge >= 0.3 is 6.09 Å². The van der Waals surface area contributed by atoms with Crippen LogP contribution in [0.25, 0.3) is 0 Å². The zero-order chi connectivity index (χ0) is 18.8. The Morgan fingerprint density at radius 1 is 1.20 bits per heavy atom. The average molecular weight is 369 g/mol. The number of anilines is 1. The van der Waals surface area contributed by atoms with Crippen molar-refractivity contribution < 1.29 is 17.9 Å². The van der Waals surface area contributed by atoms with Crippen LogP contribution in [0, 0.1) is 0 Å². The van der Waals surface area contributed by atoms with Crippen molar-refractivity contribution in [1.29, 1.82) is 0 Å². The first-order valence-corrected chi connectivity index (χ1v) is 9.76. The van der Waals surface area contributed by atoms with E-state index in [4.69, 9.17) is 10.5 Å². The standard InChI is InChI=1S/C17H27N3O4S/c1-17(2,3)24-16(21)19(4)14-9-11-20(12-10-14)25(22,23)15-7-5-13(18)6-8-15/h5-8,14H,9-12,18H2,1-4H3. The first kappa shape index (κ1) is 19.5. The Labute approximate surface area is 149 Å². The maximum Gasteiger partial charge on any atom is 0.410 e. The number of nitrogen functional groups attached to an aromatic ring is 1. The quantitative estimate of drug-likeness (QED) is 0.825. The number of hydrogen-bond acceptors (Lipinski definition) is 5. The fraction of sp³-hybridized carbons (Fsp3) is 0.588. The van der Waals surface area contributed by atoms with Crippen LogP contribution < -0.4 is 5.73 Å². The second kappa shape index (κ2) is 7.21. The summed E-state index contributed by atoms with van der Waals surface area (Å²) in [4.78, 5) is 14.0. The average Bonchev–Trinajstić information content (AvgIpc) is 2.53. The zero-order valence-corrected chi connectivity index (χ0v) is 16.0. The minimum atomic E-state index is -3.53. The number of sulfonamides is 1. The van der Waals surface area contributed by atoms with Crippen molar-refractivity contribution in [3.8, 4) is 0 Å². The van der Waals surface area contributed by atoms with Gasteiger partial charge in [0.25, 0.3) is 0 Å². The number of rotatable bonds is 3. The van der Waals surface area contributed by atoms with Gasteiger partial charge in [-0.2, -0.15) is 4.31 Å². The van der Waals surface area contributed by atoms with Gasteiger partial charge in [-0.05, 0) is 57.9 Å². The Hall–Kier alpha value is -1.80. The third kappa shape index (κ3) is 4.85. The number of nitrogens with two attached hydrogens (primary N) is 1. The van der Waals surface area contributed by atoms with Crippen LogP contribution in [0.4, 0.5) is 10.5 Å². The Bertz CT molecular complexity index is 702. The molecule has 2 N–H and O–H groups in total. The summed E-state index contributed by atoms with van der Waals surface area (Å²) in [5.41, 5.74) is 5.59. The molecule has 0 bridgehead atoms. The van der Waals surface area contributed by atoms with E-state index in [1.54, 1.807) is 24.1 Å². The van der Waals surface area contributed by atoms with E-state index in [1.807, 2.05) is 20.8 Å². The molecule has 8 heteroatoms. The predicted octanol–water partition coefficient (Wildman–Crippen LogP) is 2.29. The van der Waals surface area contributed by atoms with Gasteiger partial charge in [0.1, 0.15) is 5.60 Å². The molecule has 25 heavy (non-hydrogen) atoms. The van der Waals surface area contributed by atoms with E-state index >= 15 is 0 Å². The van der Waals surface area contributed by atoms with E-state index in [0.717, 1.165) is 0 Å². The largest absolute Gasteiger partial charge is 0.444 e. The summed E-state index contributed by atoms with van der Waals surface area (Å²) in [6, 6.07) is 6.16. The third-order valence-electron chi connectivity index (χ3n) is 4.17. The summed E-state index contributed by atoms with van der Waals surface area (Å²) < 4.78 is 32.2. The van der Waals surface area contributed by atoms with Gasteiger partial charge in [-0.3, -0.25) is 0 Å². The Balaban J connectivity index is 1.99. The highest BCUT2D eigenvalue weighted by molar-refractivity contribution is 7.89. The number of benzene rings is 1. The molecule has 1 fully saturated rings. The lowest BCUT2D eigenvalue weighted by Gasteiger charge is -2.36. The zero-order valence-electron chi connectivity index (χ0n) is 15.2. The summed E-state index contributed by atoms with van der Waals surface area (Å²) in [5.74, 6) is 0. The van der Waals surface area contributed by atoms with Crippen LogP contribution in [-0.4, -0.2) is 55.5 Å². The first-order chi connectivity index (χ1) is 11.5. The van der Waals surface area contributed by atoms with Crippen molar-refractivity contribution in [2.24, 2.45) is 0 Å². The summed E-state index contributed by atoms with van der Waals surface area (Å²) in [6.07, 6.45) is 0.765. The van der Waals surface area contributed by atoms with E-state index < -0.39 is 15.6 Å². The maximum atomic E-state index is 12.7. The molecule has 1 aliphatic heterocycles. The smallest absolute Gasteiger partial charge is 0.410 e. The molecule has 0 aromatic heterocycles. The molecule has 0 atom stereocenters. The van der Waals surface area contributed by atoms with Gasteiger partial charge in [0.2, 0.25) is 10.0 Å². The van der Waals surface area contributed by atoms with E-state index in [0.29, 0.717) is 31.6 Å². The SMILES string of the molecule is CN(C(=O)OC(C)(C)C)C1CCN(S(=O)(=O)c2ccc(N)cc2)CC1. The molecule has 2 rings (SSSR count). The second-order valence-corrected chi connectivity index (χ2v) is 9.23. The molecule has 0 saturated carbocycles. The molecule has 1 aromatic carbocycles. The number of ether oxygens (including phenoxy) is 1. The number of amides is 1. The number of carbonyl (C=O) groups is 1. The number of nitrogens with zero attached hydrogens (tertiary/aromatic N) is 2. The normalized spacial score (nSPS) is 17.3. The van der Waals surface area contributed by atoms with Crippen molar-refractivity contribution in [2.45, 2.75) is 50.2 Å². The van der Waals surface area contributed by atoms with E-state index in [2.05, 4.69) is 0 Å². The van der Waals surface area contributed by atoms with Crippen LogP contribution >= 0.6 is 0 Å². The number of piperidine rings is 1. The van der Waals surface area contributed by atoms with Crippen molar-refractivity contribution in [2.75, 3.05) is 25.9 Å². The summed E-state index contributed by atoms with van der Waals surface area (Å²) in [6.45, 7) is 6.19. The molecule has 140 valence electrons. The Morgan fingerprint density at radius 2 is 1.72 bits per heavy atom. The van der Waals surface area contributed by atoms with Crippen LogP contribution in [0.2, 0.25) is 0 Å². The second-order valence-electron chi connectivity index (χ2n) is 7.30. The summed E-state index contributed by atoms with van der Waals surface area (Å²) in [5, 5.41) is 0. The fourth-order valence-corrected chi connectivity index (χ4v) is 4.21. The lowest BCUT2D eigenvalue weighted by atomic mass is 10.1. The Kier molecular flexibility index (Phi) is 5.63. The maximum absolute atomic E-state index is 12.7. The molecule has 0 aliphatic carbocycles. The molecular weight excluding hydrogens is 342 g/mol. The molecule has 1 aromatic rings. The minimum Gasteiger partial charge on any atom is -0.444 e. The number of carbonyl (C=O) groups excluding carboxylic acids is 1. The van der Waals surface area contributed by atoms with Crippen LogP contribution in [0.5, 0.6) is 0 Å². The molecule has 0 radical (unpaired) electrons. The van der Waals surface area contributed by atoms with Gasteiger partial charge in [-0.15, -0.1) is 0 Å². The monoisotopic (exact) mass is 369 g/mol. The number of hydrogen-bond donors (Lipinski definition) is 1. The van der Waals surface area contributed by atoms with E-state index in [-0.39, 0.29) is 17.0 Å². The van der Waals surface area contributed by atoms with Gasteiger partial charge in [-0.25, -0.2) is 13.2 Å². The van der Waals surface area contributed by atoms with Crippen molar-refractivity contribution in [1.82, 2.24) is 9.21 Å². The minimum absolute atomic E-state index is 0.0345. The van der Waals surface area contributed by atoms with E-state index in [1.165, 1.54) is 16.4 Å². The summed E-state index contributed by atoms with van der Waals surface area (Å²) in [7, 11) is -1.84. The molecule has 1 heterocycles. The summed E-state index contributed by atoms with van der Waals surface area (Å²) >= 11 is 0.